The molecule has 6 aromatic carbocycles. The van der Waals surface area contributed by atoms with Crippen LogP contribution in [0.3, 0.4) is 0 Å². The third-order valence-corrected chi connectivity index (χ3v) is 10.1. The van der Waals surface area contributed by atoms with Gasteiger partial charge in [0.15, 0.2) is 0 Å². The van der Waals surface area contributed by atoms with Crippen LogP contribution in [0, 0.1) is 0 Å². The molecule has 0 fully saturated rings. The highest BCUT2D eigenvalue weighted by Gasteiger charge is 2.43. The Bertz CT molecular complexity index is 2120. The second kappa shape index (κ2) is 7.56. The minimum Gasteiger partial charge on any atom is -0.456 e. The Labute approximate surface area is 241 Å². The first kappa shape index (κ1) is 23.1. The lowest BCUT2D eigenvalue weighted by atomic mass is 9.79. The first-order valence-electron chi connectivity index (χ1n) is 14.6. The predicted molar refractivity (Wildman–Crippen MR) is 170 cm³/mol. The minimum absolute atomic E-state index is 0.0698. The van der Waals surface area contributed by atoms with Crippen molar-refractivity contribution in [2.45, 2.75) is 38.5 Å². The second-order valence-corrected chi connectivity index (χ2v) is 12.9. The van der Waals surface area contributed by atoms with E-state index in [1.165, 1.54) is 66.4 Å². The molecule has 0 atom stereocenters. The normalized spacial score (nSPS) is 15.9. The fourth-order valence-corrected chi connectivity index (χ4v) is 7.90. The maximum atomic E-state index is 6.71. The molecule has 1 heteroatoms. The molecule has 3 aliphatic rings. The van der Waals surface area contributed by atoms with Gasteiger partial charge in [0.25, 0.3) is 0 Å². The Kier molecular flexibility index (Phi) is 4.26. The van der Waals surface area contributed by atoms with Crippen molar-refractivity contribution < 1.29 is 4.74 Å². The van der Waals surface area contributed by atoms with Crippen LogP contribution in [0.15, 0.2) is 109 Å². The van der Waals surface area contributed by atoms with Crippen LogP contribution in [-0.4, -0.2) is 0 Å². The Morgan fingerprint density at radius 3 is 1.83 bits per heavy atom. The topological polar surface area (TPSA) is 9.23 Å². The van der Waals surface area contributed by atoms with Gasteiger partial charge in [-0.25, -0.2) is 0 Å². The van der Waals surface area contributed by atoms with Crippen LogP contribution in [0.2, 0.25) is 0 Å². The largest absolute Gasteiger partial charge is 0.456 e. The van der Waals surface area contributed by atoms with Gasteiger partial charge in [-0.05, 0) is 96.7 Å². The van der Waals surface area contributed by atoms with Gasteiger partial charge >= 0.3 is 0 Å². The van der Waals surface area contributed by atoms with Crippen molar-refractivity contribution in [2.75, 3.05) is 0 Å². The van der Waals surface area contributed by atoms with Crippen molar-refractivity contribution in [2.24, 2.45) is 0 Å². The molecule has 0 saturated heterocycles. The van der Waals surface area contributed by atoms with Gasteiger partial charge < -0.3 is 4.74 Å². The van der Waals surface area contributed by atoms with Gasteiger partial charge in [-0.1, -0.05) is 107 Å². The Hall–Kier alpha value is -4.62. The van der Waals surface area contributed by atoms with E-state index in [2.05, 4.69) is 137 Å². The first-order valence-corrected chi connectivity index (χ1v) is 14.6. The average Bonchev–Trinajstić information content (AvgIpc) is 3.27. The van der Waals surface area contributed by atoms with E-state index in [0.717, 1.165) is 22.6 Å². The molecule has 0 radical (unpaired) electrons. The highest BCUT2D eigenvalue weighted by atomic mass is 16.5. The molecule has 0 amide bonds. The van der Waals surface area contributed by atoms with Gasteiger partial charge in [0.1, 0.15) is 11.5 Å². The Morgan fingerprint density at radius 1 is 0.415 bits per heavy atom. The molecular weight excluding hydrogens is 496 g/mol. The van der Waals surface area contributed by atoms with E-state index >= 15 is 0 Å². The molecule has 1 aliphatic heterocycles. The molecule has 0 spiro atoms. The molecule has 0 saturated carbocycles. The molecule has 0 unspecified atom stereocenters. The molecular formula is C40H30O. The van der Waals surface area contributed by atoms with Crippen molar-refractivity contribution in [3.8, 4) is 56.0 Å². The quantitative estimate of drug-likeness (QED) is 0.191. The SMILES string of the molecule is CC1(C)c2cc3c(cc2-c2cc4c(cc21)-c1c(ccc2ccccc12)C4(C)C)-c1ccccc1-c1ccccc1O3. The molecule has 196 valence electrons. The van der Waals surface area contributed by atoms with Gasteiger partial charge in [0, 0.05) is 22.0 Å². The summed E-state index contributed by atoms with van der Waals surface area (Å²) in [4.78, 5) is 0. The lowest BCUT2D eigenvalue weighted by Gasteiger charge is -2.24. The zero-order valence-electron chi connectivity index (χ0n) is 23.8. The minimum atomic E-state index is -0.152. The molecule has 2 aliphatic carbocycles. The molecule has 9 rings (SSSR count). The van der Waals surface area contributed by atoms with Gasteiger partial charge in [-0.15, -0.1) is 0 Å². The van der Waals surface area contributed by atoms with E-state index < -0.39 is 0 Å². The molecule has 0 N–H and O–H groups in total. The third-order valence-electron chi connectivity index (χ3n) is 10.1. The van der Waals surface area contributed by atoms with Crippen LogP contribution in [0.4, 0.5) is 0 Å². The van der Waals surface area contributed by atoms with Crippen LogP contribution in [0.1, 0.15) is 49.9 Å². The van der Waals surface area contributed by atoms with E-state index in [-0.39, 0.29) is 10.8 Å². The monoisotopic (exact) mass is 526 g/mol. The van der Waals surface area contributed by atoms with E-state index in [9.17, 15) is 0 Å². The fourth-order valence-electron chi connectivity index (χ4n) is 7.90. The number of fused-ring (bicyclic) bond motifs is 13. The van der Waals surface area contributed by atoms with Crippen LogP contribution < -0.4 is 4.74 Å². The highest BCUT2D eigenvalue weighted by Crippen LogP contribution is 2.59. The van der Waals surface area contributed by atoms with Gasteiger partial charge in [0.05, 0.1) is 0 Å². The van der Waals surface area contributed by atoms with Crippen LogP contribution in [0.25, 0.3) is 55.3 Å². The standard InChI is InChI=1S/C40H30O/c1-39(2)32-18-17-23-11-5-6-12-24(23)38(32)31-21-33-29(20-34(31)39)28-19-30-26-14-8-7-13-25(26)27-15-9-10-16-36(27)41-37(30)22-35(28)40(33,3)4/h5-22H,1-4H3. The first-order chi connectivity index (χ1) is 19.8. The third kappa shape index (κ3) is 2.86. The number of para-hydroxylation sites is 1. The summed E-state index contributed by atoms with van der Waals surface area (Å²) in [5.41, 5.74) is 15.6. The number of rotatable bonds is 0. The highest BCUT2D eigenvalue weighted by molar-refractivity contribution is 6.04. The smallest absolute Gasteiger partial charge is 0.135 e. The molecule has 6 aromatic rings. The summed E-state index contributed by atoms with van der Waals surface area (Å²) in [5.74, 6) is 1.85. The summed E-state index contributed by atoms with van der Waals surface area (Å²) in [5, 5.41) is 2.65. The predicted octanol–water partition coefficient (Wildman–Crippen LogP) is 10.9. The van der Waals surface area contributed by atoms with Crippen LogP contribution in [-0.2, 0) is 10.8 Å². The number of ether oxygens (including phenoxy) is 1. The molecule has 0 aromatic heterocycles. The van der Waals surface area contributed by atoms with Gasteiger partial charge in [-0.2, -0.15) is 0 Å². The number of hydrogen-bond acceptors (Lipinski definition) is 1. The molecule has 41 heavy (non-hydrogen) atoms. The summed E-state index contributed by atoms with van der Waals surface area (Å²) in [6.45, 7) is 9.52. The summed E-state index contributed by atoms with van der Waals surface area (Å²) in [6, 6.07) is 40.4. The van der Waals surface area contributed by atoms with Crippen molar-refractivity contribution in [3.63, 3.8) is 0 Å². The fraction of sp³-hybridized carbons (Fsp3) is 0.150. The zero-order chi connectivity index (χ0) is 27.7. The Balaban J connectivity index is 1.32. The lowest BCUT2D eigenvalue weighted by molar-refractivity contribution is 0.485. The maximum Gasteiger partial charge on any atom is 0.135 e. The van der Waals surface area contributed by atoms with E-state index in [1.807, 2.05) is 0 Å². The Morgan fingerprint density at radius 2 is 1.00 bits per heavy atom. The van der Waals surface area contributed by atoms with Gasteiger partial charge in [-0.3, -0.25) is 0 Å². The van der Waals surface area contributed by atoms with Gasteiger partial charge in [0.2, 0.25) is 0 Å². The summed E-state index contributed by atoms with van der Waals surface area (Å²) in [6.07, 6.45) is 0. The van der Waals surface area contributed by atoms with E-state index in [4.69, 9.17) is 4.74 Å². The summed E-state index contributed by atoms with van der Waals surface area (Å²) in [7, 11) is 0. The summed E-state index contributed by atoms with van der Waals surface area (Å²) >= 11 is 0. The van der Waals surface area contributed by atoms with Crippen molar-refractivity contribution >= 4 is 10.8 Å². The average molecular weight is 527 g/mol. The molecule has 1 heterocycles. The van der Waals surface area contributed by atoms with Crippen LogP contribution >= 0.6 is 0 Å². The maximum absolute atomic E-state index is 6.71. The number of hydrogen-bond donors (Lipinski definition) is 0. The zero-order valence-corrected chi connectivity index (χ0v) is 23.8. The van der Waals surface area contributed by atoms with E-state index in [1.54, 1.807) is 0 Å². The van der Waals surface area contributed by atoms with Crippen molar-refractivity contribution in [3.05, 3.63) is 131 Å². The summed E-state index contributed by atoms with van der Waals surface area (Å²) < 4.78 is 6.71. The molecule has 1 nitrogen and oxygen atoms in total. The second-order valence-electron chi connectivity index (χ2n) is 12.9. The van der Waals surface area contributed by atoms with Crippen molar-refractivity contribution in [1.82, 2.24) is 0 Å². The van der Waals surface area contributed by atoms with E-state index in [0.29, 0.717) is 0 Å². The number of benzene rings is 6. The lowest BCUT2D eigenvalue weighted by Crippen LogP contribution is -2.17. The van der Waals surface area contributed by atoms with Crippen LogP contribution in [0.5, 0.6) is 11.5 Å². The van der Waals surface area contributed by atoms with Crippen molar-refractivity contribution in [1.29, 1.82) is 0 Å². The molecule has 0 bridgehead atoms.